The van der Waals surface area contributed by atoms with E-state index in [1.165, 1.54) is 12.1 Å². The number of ether oxygens (including phenoxy) is 2. The molecule has 0 heterocycles. The van der Waals surface area contributed by atoms with E-state index >= 15 is 0 Å². The van der Waals surface area contributed by atoms with Crippen LogP contribution in [0.5, 0.6) is 0 Å². The first kappa shape index (κ1) is 22.9. The van der Waals surface area contributed by atoms with Crippen molar-refractivity contribution in [3.05, 3.63) is 35.4 Å². The average Bonchev–Trinajstić information content (AvgIpc) is 2.67. The average molecular weight is 414 g/mol. The summed E-state index contributed by atoms with van der Waals surface area (Å²) in [6, 6.07) is 6.13. The fraction of sp³-hybridized carbons (Fsp3) is 0.364. The summed E-state index contributed by atoms with van der Waals surface area (Å²) in [5.74, 6) is -0.795. The van der Waals surface area contributed by atoms with Gasteiger partial charge in [-0.25, -0.2) is 9.59 Å². The van der Waals surface area contributed by atoms with Crippen LogP contribution in [-0.2, 0) is 19.1 Å². The minimum Gasteiger partial charge on any atom is -0.462 e. The summed E-state index contributed by atoms with van der Waals surface area (Å²) in [5.41, 5.74) is 0.789. The number of hydrogen-bond donors (Lipinski definition) is 2. The molecule has 0 aromatic heterocycles. The molecule has 0 bridgehead atoms. The molecule has 0 aliphatic heterocycles. The number of hydrogen-bond acceptors (Lipinski definition) is 6. The number of carbonyl (C=O) groups excluding carboxylic acids is 4. The smallest absolute Gasteiger partial charge is 0.340 e. The van der Waals surface area contributed by atoms with Crippen molar-refractivity contribution >= 4 is 46.9 Å². The number of carbonyl (C=O) groups is 4. The molecule has 0 aliphatic carbocycles. The van der Waals surface area contributed by atoms with Gasteiger partial charge in [0.25, 0.3) is 0 Å². The van der Waals surface area contributed by atoms with Gasteiger partial charge in [0, 0.05) is 10.8 Å². The molecule has 0 atom stereocenters. The Bertz CT molecular complexity index is 952. The third-order valence-corrected chi connectivity index (χ3v) is 4.32. The molecule has 2 amide bonds. The van der Waals surface area contributed by atoms with E-state index in [1.807, 2.05) is 13.8 Å². The highest BCUT2D eigenvalue weighted by Gasteiger charge is 2.21. The molecule has 2 aromatic rings. The van der Waals surface area contributed by atoms with Gasteiger partial charge < -0.3 is 20.1 Å². The van der Waals surface area contributed by atoms with Crippen molar-refractivity contribution in [2.24, 2.45) is 5.92 Å². The maximum Gasteiger partial charge on any atom is 0.340 e. The molecule has 160 valence electrons. The van der Waals surface area contributed by atoms with Crippen molar-refractivity contribution < 1.29 is 28.7 Å². The molecule has 0 unspecified atom stereocenters. The van der Waals surface area contributed by atoms with Crippen molar-refractivity contribution in [1.29, 1.82) is 0 Å². The van der Waals surface area contributed by atoms with E-state index in [-0.39, 0.29) is 35.2 Å². The number of amides is 2. The van der Waals surface area contributed by atoms with Crippen molar-refractivity contribution in [3.8, 4) is 0 Å². The summed E-state index contributed by atoms with van der Waals surface area (Å²) in [6.45, 7) is 7.73. The number of benzene rings is 2. The quantitative estimate of drug-likeness (QED) is 0.453. The van der Waals surface area contributed by atoms with Crippen LogP contribution in [0.15, 0.2) is 24.3 Å². The van der Waals surface area contributed by atoms with Crippen LogP contribution in [0.25, 0.3) is 10.8 Å². The summed E-state index contributed by atoms with van der Waals surface area (Å²) in [6.07, 6.45) is 1.27. The molecule has 8 nitrogen and oxygen atoms in total. The molecule has 2 rings (SSSR count). The van der Waals surface area contributed by atoms with Crippen molar-refractivity contribution in [2.75, 3.05) is 17.2 Å². The Balaban J connectivity index is 2.57. The van der Waals surface area contributed by atoms with Gasteiger partial charge in [-0.15, -0.1) is 0 Å². The topological polar surface area (TPSA) is 111 Å². The zero-order chi connectivity index (χ0) is 22.3. The fourth-order valence-corrected chi connectivity index (χ4v) is 2.92. The van der Waals surface area contributed by atoms with Gasteiger partial charge >= 0.3 is 11.9 Å². The Morgan fingerprint density at radius 2 is 1.37 bits per heavy atom. The number of rotatable bonds is 10. The molecular formula is C22H26N2O6. The minimum atomic E-state index is -0.599. The monoisotopic (exact) mass is 414 g/mol. The normalized spacial score (nSPS) is 10.7. The van der Waals surface area contributed by atoms with Crippen molar-refractivity contribution in [3.63, 3.8) is 0 Å². The lowest BCUT2D eigenvalue weighted by molar-refractivity contribution is -0.106. The molecule has 0 spiro atoms. The molecule has 2 N–H and O–H groups in total. The number of anilines is 2. The molecule has 0 saturated heterocycles. The lowest BCUT2D eigenvalue weighted by Crippen LogP contribution is -2.15. The van der Waals surface area contributed by atoms with Crippen LogP contribution in [0.2, 0.25) is 0 Å². The molecule has 0 aliphatic rings. The molecule has 30 heavy (non-hydrogen) atoms. The van der Waals surface area contributed by atoms with Crippen LogP contribution in [0.1, 0.15) is 54.8 Å². The van der Waals surface area contributed by atoms with Crippen LogP contribution >= 0.6 is 0 Å². The van der Waals surface area contributed by atoms with Crippen LogP contribution in [-0.4, -0.2) is 37.5 Å². The van der Waals surface area contributed by atoms with E-state index in [0.29, 0.717) is 35.9 Å². The second kappa shape index (κ2) is 10.4. The van der Waals surface area contributed by atoms with E-state index in [1.54, 1.807) is 26.0 Å². The highest BCUT2D eigenvalue weighted by molar-refractivity contribution is 6.16. The molecular weight excluding hydrogens is 388 g/mol. The molecule has 0 radical (unpaired) electrons. The van der Waals surface area contributed by atoms with Gasteiger partial charge in [-0.1, -0.05) is 26.0 Å². The van der Waals surface area contributed by atoms with Gasteiger partial charge in [0.15, 0.2) is 0 Å². The lowest BCUT2D eigenvalue weighted by Gasteiger charge is -2.17. The van der Waals surface area contributed by atoms with Gasteiger partial charge in [-0.05, 0) is 38.3 Å². The highest BCUT2D eigenvalue weighted by Crippen LogP contribution is 2.35. The maximum absolute atomic E-state index is 12.5. The first-order chi connectivity index (χ1) is 14.3. The SMILES string of the molecule is CC(C)CCOC(=O)c1ccc2c(NC=O)c(C(=O)OC(C)C)ccc2c1NC=O. The number of nitrogens with one attached hydrogen (secondary N) is 2. The van der Waals surface area contributed by atoms with Crippen LogP contribution in [0.4, 0.5) is 11.4 Å². The predicted molar refractivity (Wildman–Crippen MR) is 114 cm³/mol. The second-order valence-corrected chi connectivity index (χ2v) is 7.37. The Morgan fingerprint density at radius 1 is 0.867 bits per heavy atom. The third kappa shape index (κ3) is 5.34. The summed E-state index contributed by atoms with van der Waals surface area (Å²) < 4.78 is 10.6. The largest absolute Gasteiger partial charge is 0.462 e. The third-order valence-electron chi connectivity index (χ3n) is 4.32. The zero-order valence-corrected chi connectivity index (χ0v) is 17.5. The van der Waals surface area contributed by atoms with Gasteiger partial charge in [0.05, 0.1) is 35.2 Å². The van der Waals surface area contributed by atoms with Crippen molar-refractivity contribution in [1.82, 2.24) is 0 Å². The van der Waals surface area contributed by atoms with E-state index in [0.717, 1.165) is 0 Å². The van der Waals surface area contributed by atoms with E-state index < -0.39 is 11.9 Å². The zero-order valence-electron chi connectivity index (χ0n) is 17.5. The van der Waals surface area contributed by atoms with Gasteiger partial charge in [-0.3, -0.25) is 9.59 Å². The van der Waals surface area contributed by atoms with Crippen molar-refractivity contribution in [2.45, 2.75) is 40.2 Å². The number of esters is 2. The highest BCUT2D eigenvalue weighted by atomic mass is 16.5. The van der Waals surface area contributed by atoms with Crippen LogP contribution in [0.3, 0.4) is 0 Å². The summed E-state index contributed by atoms with van der Waals surface area (Å²) >= 11 is 0. The second-order valence-electron chi connectivity index (χ2n) is 7.37. The standard InChI is InChI=1S/C22H26N2O6/c1-13(2)9-10-29-21(27)17-7-5-16-15(19(17)23-11-25)6-8-18(20(16)24-12-26)22(28)30-14(3)4/h5-8,11-14H,9-10H2,1-4H3,(H,23,25)(H,24,26). The van der Waals surface area contributed by atoms with Gasteiger partial charge in [-0.2, -0.15) is 0 Å². The Labute approximate surface area is 174 Å². The first-order valence-electron chi connectivity index (χ1n) is 9.68. The van der Waals surface area contributed by atoms with E-state index in [9.17, 15) is 19.2 Å². The summed E-state index contributed by atoms with van der Waals surface area (Å²) in [7, 11) is 0. The lowest BCUT2D eigenvalue weighted by atomic mass is 9.99. The van der Waals surface area contributed by atoms with E-state index in [4.69, 9.17) is 9.47 Å². The molecule has 0 fully saturated rings. The number of fused-ring (bicyclic) bond motifs is 1. The predicted octanol–water partition coefficient (Wildman–Crippen LogP) is 3.74. The first-order valence-corrected chi connectivity index (χ1v) is 9.68. The summed E-state index contributed by atoms with van der Waals surface area (Å²) in [4.78, 5) is 47.3. The van der Waals surface area contributed by atoms with Gasteiger partial charge in [0.2, 0.25) is 12.8 Å². The van der Waals surface area contributed by atoms with E-state index in [2.05, 4.69) is 10.6 Å². The van der Waals surface area contributed by atoms with Gasteiger partial charge in [0.1, 0.15) is 0 Å². The molecule has 0 saturated carbocycles. The summed E-state index contributed by atoms with van der Waals surface area (Å²) in [5, 5.41) is 5.99. The van der Waals surface area contributed by atoms with Crippen LogP contribution in [0, 0.1) is 5.92 Å². The van der Waals surface area contributed by atoms with Crippen LogP contribution < -0.4 is 10.6 Å². The Hall–Kier alpha value is -3.42. The molecule has 8 heteroatoms. The maximum atomic E-state index is 12.5. The fourth-order valence-electron chi connectivity index (χ4n) is 2.92. The molecule has 2 aromatic carbocycles. The minimum absolute atomic E-state index is 0.160. The Morgan fingerprint density at radius 3 is 1.80 bits per heavy atom. The Kier molecular flexibility index (Phi) is 7.91.